The van der Waals surface area contributed by atoms with E-state index in [2.05, 4.69) is 13.8 Å². The average molecular weight is 444 g/mol. The van der Waals surface area contributed by atoms with Crippen LogP contribution in [0, 0.1) is 5.92 Å². The number of halogens is 1. The quantitative estimate of drug-likeness (QED) is 0.508. The first-order chi connectivity index (χ1) is 14.9. The molecule has 0 N–H and O–H groups in total. The van der Waals surface area contributed by atoms with Crippen molar-refractivity contribution in [3.63, 3.8) is 0 Å². The van der Waals surface area contributed by atoms with Crippen LogP contribution >= 0.6 is 11.6 Å². The van der Waals surface area contributed by atoms with Gasteiger partial charge in [-0.3, -0.25) is 9.59 Å². The highest BCUT2D eigenvalue weighted by Crippen LogP contribution is 2.38. The van der Waals surface area contributed by atoms with E-state index in [1.54, 1.807) is 42.5 Å². The minimum Gasteiger partial charge on any atom is -0.493 e. The minimum atomic E-state index is -0.576. The maximum atomic E-state index is 13.2. The molecule has 2 amide bonds. The summed E-state index contributed by atoms with van der Waals surface area (Å²) in [7, 11) is 0. The van der Waals surface area contributed by atoms with Gasteiger partial charge < -0.3 is 14.2 Å². The summed E-state index contributed by atoms with van der Waals surface area (Å²) < 4.78 is 16.9. The second-order valence-corrected chi connectivity index (χ2v) is 7.74. The Kier molecular flexibility index (Phi) is 7.23. The third-order valence-electron chi connectivity index (χ3n) is 4.54. The van der Waals surface area contributed by atoms with Crippen LogP contribution in [-0.2, 0) is 9.59 Å². The van der Waals surface area contributed by atoms with Gasteiger partial charge in [0.1, 0.15) is 10.8 Å². The minimum absolute atomic E-state index is 0.118. The molecule has 0 fully saturated rings. The molecule has 1 heterocycles. The van der Waals surface area contributed by atoms with Crippen LogP contribution in [-0.4, -0.2) is 31.6 Å². The van der Waals surface area contributed by atoms with Crippen LogP contribution in [0.2, 0.25) is 0 Å². The molecule has 3 rings (SSSR count). The van der Waals surface area contributed by atoms with E-state index in [1.807, 2.05) is 13.8 Å². The van der Waals surface area contributed by atoms with E-state index in [1.165, 1.54) is 0 Å². The zero-order chi connectivity index (χ0) is 22.5. The number of hydrogen-bond donors (Lipinski definition) is 0. The van der Waals surface area contributed by atoms with E-state index < -0.39 is 11.8 Å². The van der Waals surface area contributed by atoms with Crippen molar-refractivity contribution in [3.8, 4) is 17.2 Å². The summed E-state index contributed by atoms with van der Waals surface area (Å²) in [5.41, 5.74) is 1.08. The Bertz CT molecular complexity index is 998. The molecule has 1 aliphatic heterocycles. The van der Waals surface area contributed by atoms with E-state index in [0.29, 0.717) is 54.2 Å². The van der Waals surface area contributed by atoms with Crippen LogP contribution < -0.4 is 19.1 Å². The fourth-order valence-electron chi connectivity index (χ4n) is 3.15. The highest BCUT2D eigenvalue weighted by atomic mass is 35.5. The number of amides is 2. The van der Waals surface area contributed by atoms with Crippen LogP contribution in [0.25, 0.3) is 5.57 Å². The Morgan fingerprint density at radius 2 is 1.52 bits per heavy atom. The third kappa shape index (κ3) is 4.85. The Balaban J connectivity index is 1.88. The normalized spacial score (nSPS) is 13.9. The summed E-state index contributed by atoms with van der Waals surface area (Å²) in [5.74, 6) is 1.03. The van der Waals surface area contributed by atoms with E-state index in [0.717, 1.165) is 4.90 Å². The molecular weight excluding hydrogens is 418 g/mol. The molecule has 7 heteroatoms. The van der Waals surface area contributed by atoms with Crippen molar-refractivity contribution in [3.05, 3.63) is 53.1 Å². The molecular formula is C24H26ClNO5. The molecule has 0 unspecified atom stereocenters. The third-order valence-corrected chi connectivity index (χ3v) is 4.89. The molecule has 0 radical (unpaired) electrons. The molecule has 0 aliphatic carbocycles. The number of carbonyl (C=O) groups is 2. The lowest BCUT2D eigenvalue weighted by atomic mass is 10.1. The number of carbonyl (C=O) groups excluding carboxylic acids is 2. The van der Waals surface area contributed by atoms with Gasteiger partial charge in [0, 0.05) is 6.07 Å². The first kappa shape index (κ1) is 22.7. The second-order valence-electron chi connectivity index (χ2n) is 7.36. The van der Waals surface area contributed by atoms with Gasteiger partial charge in [0.2, 0.25) is 0 Å². The van der Waals surface area contributed by atoms with E-state index in [-0.39, 0.29) is 10.6 Å². The van der Waals surface area contributed by atoms with E-state index in [9.17, 15) is 9.59 Å². The summed E-state index contributed by atoms with van der Waals surface area (Å²) in [4.78, 5) is 27.1. The summed E-state index contributed by atoms with van der Waals surface area (Å²) in [6.07, 6.45) is 0. The van der Waals surface area contributed by atoms with E-state index in [4.69, 9.17) is 25.8 Å². The van der Waals surface area contributed by atoms with Crippen molar-refractivity contribution >= 4 is 34.7 Å². The molecule has 6 nitrogen and oxygen atoms in total. The van der Waals surface area contributed by atoms with Crippen molar-refractivity contribution in [1.82, 2.24) is 0 Å². The zero-order valence-corrected chi connectivity index (χ0v) is 18.9. The number of anilines is 1. The largest absolute Gasteiger partial charge is 0.493 e. The average Bonchev–Trinajstić information content (AvgIpc) is 2.97. The van der Waals surface area contributed by atoms with Gasteiger partial charge >= 0.3 is 0 Å². The number of ether oxygens (including phenoxy) is 3. The van der Waals surface area contributed by atoms with Crippen molar-refractivity contribution in [2.45, 2.75) is 27.7 Å². The molecule has 0 saturated carbocycles. The fourth-order valence-corrected chi connectivity index (χ4v) is 3.42. The van der Waals surface area contributed by atoms with Crippen LogP contribution in [0.1, 0.15) is 33.3 Å². The molecule has 0 bridgehead atoms. The molecule has 0 spiro atoms. The standard InChI is InChI=1S/C24H26ClNO5/c1-5-29-19-12-9-17(13-20(19)30-6-2)26-23(27)21(22(25)24(26)28)16-7-10-18(11-8-16)31-14-15(3)4/h7-13,15H,5-6,14H2,1-4H3. The SMILES string of the molecule is CCOc1ccc(N2C(=O)C(Cl)=C(c3ccc(OCC(C)C)cc3)C2=O)cc1OCC. The van der Waals surface area contributed by atoms with Crippen molar-refractivity contribution in [1.29, 1.82) is 0 Å². The van der Waals surface area contributed by atoms with Crippen LogP contribution in [0.3, 0.4) is 0 Å². The molecule has 0 aromatic heterocycles. The number of hydrogen-bond acceptors (Lipinski definition) is 5. The highest BCUT2D eigenvalue weighted by molar-refractivity contribution is 6.60. The molecule has 0 saturated heterocycles. The van der Waals surface area contributed by atoms with Gasteiger partial charge in [-0.2, -0.15) is 0 Å². The fraction of sp³-hybridized carbons (Fsp3) is 0.333. The van der Waals surface area contributed by atoms with Gasteiger partial charge in [0.25, 0.3) is 11.8 Å². The monoisotopic (exact) mass is 443 g/mol. The Hall–Kier alpha value is -2.99. The summed E-state index contributed by atoms with van der Waals surface area (Å²) in [5, 5.41) is -0.118. The van der Waals surface area contributed by atoms with E-state index >= 15 is 0 Å². The number of nitrogens with zero attached hydrogens (tertiary/aromatic N) is 1. The van der Waals surface area contributed by atoms with Gasteiger partial charge in [-0.15, -0.1) is 0 Å². The second kappa shape index (κ2) is 9.88. The highest BCUT2D eigenvalue weighted by Gasteiger charge is 2.39. The summed E-state index contributed by atoms with van der Waals surface area (Å²) in [6.45, 7) is 9.32. The lowest BCUT2D eigenvalue weighted by Gasteiger charge is -2.18. The van der Waals surface area contributed by atoms with Crippen LogP contribution in [0.5, 0.6) is 17.2 Å². The molecule has 1 aliphatic rings. The van der Waals surface area contributed by atoms with Crippen LogP contribution in [0.15, 0.2) is 47.5 Å². The topological polar surface area (TPSA) is 65.1 Å². The number of rotatable bonds is 9. The summed E-state index contributed by atoms with van der Waals surface area (Å²) >= 11 is 6.31. The van der Waals surface area contributed by atoms with Crippen molar-refractivity contribution in [2.24, 2.45) is 5.92 Å². The van der Waals surface area contributed by atoms with Gasteiger partial charge in [0.05, 0.1) is 31.1 Å². The van der Waals surface area contributed by atoms with Gasteiger partial charge in [-0.25, -0.2) is 4.90 Å². The first-order valence-corrected chi connectivity index (χ1v) is 10.7. The maximum Gasteiger partial charge on any atom is 0.277 e. The smallest absolute Gasteiger partial charge is 0.277 e. The van der Waals surface area contributed by atoms with Gasteiger partial charge in [-0.1, -0.05) is 37.6 Å². The van der Waals surface area contributed by atoms with Gasteiger partial charge in [0.15, 0.2) is 11.5 Å². The lowest BCUT2D eigenvalue weighted by molar-refractivity contribution is -0.119. The predicted octanol–water partition coefficient (Wildman–Crippen LogP) is 5.04. The summed E-state index contributed by atoms with van der Waals surface area (Å²) in [6, 6.07) is 11.9. The number of imide groups is 1. The molecule has 164 valence electrons. The Morgan fingerprint density at radius 1 is 0.871 bits per heavy atom. The van der Waals surface area contributed by atoms with Crippen molar-refractivity contribution < 1.29 is 23.8 Å². The predicted molar refractivity (Wildman–Crippen MR) is 121 cm³/mol. The maximum absolute atomic E-state index is 13.2. The molecule has 31 heavy (non-hydrogen) atoms. The van der Waals surface area contributed by atoms with Crippen molar-refractivity contribution in [2.75, 3.05) is 24.7 Å². The zero-order valence-electron chi connectivity index (χ0n) is 18.1. The Morgan fingerprint density at radius 3 is 2.13 bits per heavy atom. The molecule has 2 aromatic rings. The molecule has 2 aromatic carbocycles. The Labute approximate surface area is 187 Å². The van der Waals surface area contributed by atoms with Crippen LogP contribution in [0.4, 0.5) is 5.69 Å². The number of benzene rings is 2. The lowest BCUT2D eigenvalue weighted by Crippen LogP contribution is -2.31. The van der Waals surface area contributed by atoms with Gasteiger partial charge in [-0.05, 0) is 49.6 Å². The molecule has 0 atom stereocenters. The first-order valence-electron chi connectivity index (χ1n) is 10.3.